The number of carbonyl (C=O) groups is 5. The number of nitrogen functional groups attached to an aromatic ring is 1. The zero-order valence-electron chi connectivity index (χ0n) is 78.9. The smallest absolute Gasteiger partial charge is 1.00 e. The van der Waals surface area contributed by atoms with Gasteiger partial charge in [-0.2, -0.15) is 0 Å². The van der Waals surface area contributed by atoms with Crippen molar-refractivity contribution in [3.63, 3.8) is 0 Å². The number of nitrogens with two attached hydrogens (primary N) is 1. The molecule has 0 spiro atoms. The average molecular weight is 1870 g/mol. The number of benzene rings is 7. The fourth-order valence-electron chi connectivity index (χ4n) is 13.4. The number of hydrogen-bond acceptors (Lipinski definition) is 20. The Bertz CT molecular complexity index is 3940. The molecule has 21 nitrogen and oxygen atoms in total. The van der Waals surface area contributed by atoms with Crippen LogP contribution in [0.2, 0.25) is 0 Å². The molecule has 0 aromatic heterocycles. The number of ether oxygens (including phenoxy) is 3. The van der Waals surface area contributed by atoms with Gasteiger partial charge in [0.15, 0.2) is 5.78 Å². The van der Waals surface area contributed by atoms with Gasteiger partial charge in [0.1, 0.15) is 6.04 Å². The zero-order valence-corrected chi connectivity index (χ0v) is 88.2. The molecule has 3 fully saturated rings. The summed E-state index contributed by atoms with van der Waals surface area (Å²) in [4.78, 5) is 76.5. The number of hydrogen-bond donors (Lipinski definition) is 3. The molecule has 3 saturated heterocycles. The Morgan fingerprint density at radius 3 is 1.10 bits per heavy atom. The van der Waals surface area contributed by atoms with Gasteiger partial charge < -0.3 is 72.6 Å². The summed E-state index contributed by atoms with van der Waals surface area (Å²) in [6.07, 6.45) is 24.5. The number of rotatable bonds is 33. The maximum absolute atomic E-state index is 12.4. The number of carbonyl (C=O) groups excluding carboxylic acids is 5. The Labute approximate surface area is 871 Å². The van der Waals surface area contributed by atoms with Crippen molar-refractivity contribution in [2.24, 2.45) is 0 Å². The van der Waals surface area contributed by atoms with Crippen LogP contribution in [-0.4, -0.2) is 232 Å². The van der Waals surface area contributed by atoms with Gasteiger partial charge in [0.25, 0.3) is 6.47 Å². The summed E-state index contributed by atoms with van der Waals surface area (Å²) in [6, 6.07) is 64.6. The first-order valence-electron chi connectivity index (χ1n) is 42.4. The van der Waals surface area contributed by atoms with Crippen LogP contribution in [0.15, 0.2) is 218 Å². The number of anilines is 7. The summed E-state index contributed by atoms with van der Waals surface area (Å²) < 4.78 is 13.9. The van der Waals surface area contributed by atoms with E-state index in [4.69, 9.17) is 43.7 Å². The average Bonchev–Trinajstić information content (AvgIpc) is 0.795. The van der Waals surface area contributed by atoms with E-state index in [1.165, 1.54) is 110 Å². The number of likely N-dealkylation sites (N-methyl/N-ethyl adjacent to an activating group) is 1. The second kappa shape index (κ2) is 72.8. The number of quaternary nitrogens is 1. The predicted octanol–water partition coefficient (Wildman–Crippen LogP) is 6.43. The summed E-state index contributed by atoms with van der Waals surface area (Å²) in [5.41, 5.74) is 20.0. The van der Waals surface area contributed by atoms with Gasteiger partial charge in [-0.3, -0.25) is 33.8 Å². The molecule has 4 N–H and O–H groups in total. The van der Waals surface area contributed by atoms with Gasteiger partial charge in [0.2, 0.25) is 0 Å². The van der Waals surface area contributed by atoms with Crippen LogP contribution >= 0.6 is 39.1 Å². The monoisotopic (exact) mass is 1870 g/mol. The van der Waals surface area contributed by atoms with E-state index in [0.29, 0.717) is 48.2 Å². The van der Waals surface area contributed by atoms with Crippen molar-refractivity contribution in [2.75, 3.05) is 222 Å². The molecular formula is C97H140BrCl2K2N11NaO10+. The van der Waals surface area contributed by atoms with Crippen LogP contribution in [0.1, 0.15) is 126 Å². The molecule has 0 saturated carbocycles. The molecule has 27 heteroatoms. The van der Waals surface area contributed by atoms with Crippen LogP contribution in [0.4, 0.5) is 39.8 Å². The summed E-state index contributed by atoms with van der Waals surface area (Å²) in [5, 5.41) is 12.5. The normalized spacial score (nSPS) is 13.6. The van der Waals surface area contributed by atoms with Crippen LogP contribution in [0.25, 0.3) is 5.57 Å². The molecule has 1 aliphatic carbocycles. The zero-order chi connectivity index (χ0) is 88.2. The molecule has 0 atom stereocenters. The number of nitrogens with one attached hydrogen (secondary N) is 2. The maximum atomic E-state index is 12.4. The van der Waals surface area contributed by atoms with E-state index in [0.717, 1.165) is 152 Å². The SMILES string of the molecule is CN(C)c1ccc(C(=O)c2ccc(N(C)C)cc2)cc1.COC(=O)CCCCCBr.COC(=O)CCCCCN1CCN(c2ccc(C(=C3C=CC([NH+](C)C)C=C3)c3ccc(N(C)C)cc3)cc2)CC1.COC(=O)CCCCCN1CCN(c2ccccc2)CC1.ClCCNCCCl.Nc1ccccc1.O=CO[O-].[H-].[H-].[K+].[K+].[Na+].c1ccc(N2CCCCC2)cc1. The molecule has 11 rings (SSSR count). The number of para-hydroxylation sites is 3. The van der Waals surface area contributed by atoms with Gasteiger partial charge in [0, 0.05) is 208 Å². The number of alkyl halides is 3. The summed E-state index contributed by atoms with van der Waals surface area (Å²) in [6.45, 7) is 15.0. The Morgan fingerprint density at radius 1 is 0.476 bits per heavy atom. The summed E-state index contributed by atoms with van der Waals surface area (Å²) in [5.74, 6) is 1.09. The van der Waals surface area contributed by atoms with Crippen molar-refractivity contribution in [1.82, 2.24) is 15.1 Å². The molecule has 666 valence electrons. The first-order chi connectivity index (χ1) is 58.6. The molecule has 0 unspecified atom stereocenters. The van der Waals surface area contributed by atoms with Gasteiger partial charge in [-0.15, -0.1) is 23.2 Å². The van der Waals surface area contributed by atoms with Gasteiger partial charge in [-0.05, 0) is 214 Å². The number of esters is 3. The molecule has 0 bridgehead atoms. The van der Waals surface area contributed by atoms with Crippen molar-refractivity contribution in [3.8, 4) is 0 Å². The number of unbranched alkanes of at least 4 members (excludes halogenated alkanes) is 6. The van der Waals surface area contributed by atoms with E-state index in [2.05, 4.69) is 227 Å². The minimum Gasteiger partial charge on any atom is -1.00 e. The van der Waals surface area contributed by atoms with Crippen LogP contribution in [0.3, 0.4) is 0 Å². The molecule has 0 amide bonds. The standard InChI is InChI=1S/C34H46N4O2.C17H26N2O2.C17H20N2O.C11H15N.C7H13BrO2.C6H7N.C4H9Cl2N.CH2O3.2K.Na.2H/c1-35(2)30-16-10-27(11-17-30)34(28-12-18-31(19-13-28)36(3)4)29-14-20-32(21-15-29)38-25-23-37(24-26-38)22-8-6-7-9-33(39)40-5;1-21-17(20)10-6-3-7-11-18-12-14-19(15-13-18)16-8-4-2-5-9-16;1-18(2)15-9-5-13(6-10-15)17(20)14-7-11-16(12-8-14)19(3)4;1-3-7-11(8-4-1)12-9-5-2-6-10-12;1-10-7(9)5-3-2-4-6-8;7-6-4-2-1-3-5-6;5-1-3-7-4-2-6;2-1-4-3;;;;;/h10-21,30H,6-9,22-26H2,1-5H3;2,4-5,8-9H,3,6-7,10-15H2,1H3;5-12H,1-4H3;1,3-4,7-8H,2,5-6,9-10H2;2-6H2,1H3;1-5H,7H2;7H,1-4H2;1,3H;;;;;/q;;;;;;;;3*+1;2*-1. The molecule has 124 heavy (non-hydrogen) atoms. The first-order valence-corrected chi connectivity index (χ1v) is 44.6. The van der Waals surface area contributed by atoms with Crippen LogP contribution < -0.4 is 183 Å². The number of allylic oxidation sites excluding steroid dienone is 3. The van der Waals surface area contributed by atoms with E-state index in [1.54, 1.807) is 0 Å². The first kappa shape index (κ1) is 117. The maximum Gasteiger partial charge on any atom is 1.00 e. The summed E-state index contributed by atoms with van der Waals surface area (Å²) in [7, 11) is 20.8. The Kier molecular flexibility index (Phi) is 68.7. The molecule has 3 heterocycles. The number of nitrogens with zero attached hydrogens (tertiary/aromatic N) is 8. The largest absolute Gasteiger partial charge is 1.00 e. The van der Waals surface area contributed by atoms with Crippen LogP contribution in [0.5, 0.6) is 0 Å². The minimum absolute atomic E-state index is 0. The fraction of sp³-hybridized carbons (Fsp3) is 0.454. The minimum atomic E-state index is -0.181. The Hall–Kier alpha value is -4.96. The third-order valence-electron chi connectivity index (χ3n) is 20.5. The second-order valence-electron chi connectivity index (χ2n) is 30.3. The third kappa shape index (κ3) is 49.7. The number of methoxy groups -OCH3 is 3. The van der Waals surface area contributed by atoms with Crippen molar-refractivity contribution in [2.45, 2.75) is 102 Å². The van der Waals surface area contributed by atoms with E-state index in [-0.39, 0.29) is 165 Å². The Morgan fingerprint density at radius 2 is 0.798 bits per heavy atom. The van der Waals surface area contributed by atoms with E-state index >= 15 is 0 Å². The molecule has 0 radical (unpaired) electrons. The molecule has 3 aliphatic heterocycles. The van der Waals surface area contributed by atoms with Crippen molar-refractivity contribution < 1.29 is 188 Å². The number of ketones is 1. The van der Waals surface area contributed by atoms with Gasteiger partial charge in [0.05, 0.1) is 35.4 Å². The quantitative estimate of drug-likeness (QED) is 0.00386. The fourth-order valence-corrected chi connectivity index (χ4v) is 14.0. The van der Waals surface area contributed by atoms with Gasteiger partial charge >= 0.3 is 150 Å². The number of halogens is 3. The van der Waals surface area contributed by atoms with E-state index < -0.39 is 0 Å². The topological polar surface area (TPSA) is 214 Å². The van der Waals surface area contributed by atoms with Crippen LogP contribution in [0, 0.1) is 0 Å². The van der Waals surface area contributed by atoms with Gasteiger partial charge in [-0.1, -0.05) is 126 Å². The number of piperidine rings is 1. The van der Waals surface area contributed by atoms with Crippen LogP contribution in [-0.2, 0) is 38.3 Å². The molecule has 7 aromatic rings. The second-order valence-corrected chi connectivity index (χ2v) is 31.9. The third-order valence-corrected chi connectivity index (χ3v) is 21.5. The van der Waals surface area contributed by atoms with E-state index in [1.807, 2.05) is 117 Å². The van der Waals surface area contributed by atoms with E-state index in [9.17, 15) is 19.2 Å². The van der Waals surface area contributed by atoms with Crippen molar-refractivity contribution in [3.05, 3.63) is 240 Å². The van der Waals surface area contributed by atoms with Crippen molar-refractivity contribution >= 4 is 115 Å². The molecular weight excluding hydrogens is 1730 g/mol. The van der Waals surface area contributed by atoms with Gasteiger partial charge in [-0.25, -0.2) is 0 Å². The van der Waals surface area contributed by atoms with Crippen molar-refractivity contribution in [1.29, 1.82) is 0 Å². The summed E-state index contributed by atoms with van der Waals surface area (Å²) >= 11 is 14.0. The Balaban J connectivity index is 0. The molecule has 7 aromatic carbocycles. The predicted molar refractivity (Wildman–Crippen MR) is 509 cm³/mol. The molecule has 4 aliphatic rings. The number of piperazine rings is 2.